The van der Waals surface area contributed by atoms with Gasteiger partial charge in [-0.3, -0.25) is 4.79 Å². The topological polar surface area (TPSA) is 174 Å². The summed E-state index contributed by atoms with van der Waals surface area (Å²) >= 11 is 0. The Morgan fingerprint density at radius 2 is 1.78 bits per heavy atom. The standard InChI is InChI=1S/C44H43FN6O7/c1-44(2,3)57-43(54)51(24-35-27-7-5-26(6-8-27)33(35)21-39(53)49-58-40-25-56-40)31-14-17-50(18-15-31)42-32(13-16-46)41(29-9-10-30(22-47)36(45)19-29)34(23-48-42)28-11-12-38(55-4)37(52)20-28/h5-12,19-21,23,31,35,40,52H,13-15,17-18,24-25H2,1-4H3,(H,49,53)/b33-21-. The minimum Gasteiger partial charge on any atom is -0.504 e. The van der Waals surface area contributed by atoms with Gasteiger partial charge in [-0.1, -0.05) is 36.4 Å². The summed E-state index contributed by atoms with van der Waals surface area (Å²) in [5, 5.41) is 30.3. The molecule has 0 saturated carbocycles. The number of hydrogen-bond acceptors (Lipinski definition) is 11. The number of aromatic nitrogens is 1. The number of anilines is 1. The molecule has 8 rings (SSSR count). The van der Waals surface area contributed by atoms with Crippen molar-refractivity contribution in [2.24, 2.45) is 0 Å². The smallest absolute Gasteiger partial charge is 0.410 e. The van der Waals surface area contributed by atoms with E-state index in [-0.39, 0.29) is 42.0 Å². The number of rotatable bonds is 11. The van der Waals surface area contributed by atoms with Crippen LogP contribution in [-0.2, 0) is 25.5 Å². The average molecular weight is 787 g/mol. The number of phenolic OH excluding ortho intramolecular Hbond substituents is 1. The average Bonchev–Trinajstić information content (AvgIpc) is 4.04. The van der Waals surface area contributed by atoms with Gasteiger partial charge in [-0.25, -0.2) is 24.5 Å². The van der Waals surface area contributed by atoms with E-state index in [4.69, 9.17) is 24.0 Å². The Bertz CT molecular complexity index is 2330. The molecule has 4 aliphatic rings. The van der Waals surface area contributed by atoms with E-state index in [9.17, 15) is 25.2 Å². The van der Waals surface area contributed by atoms with Gasteiger partial charge in [-0.15, -0.1) is 0 Å². The second-order valence-electron chi connectivity index (χ2n) is 15.3. The summed E-state index contributed by atoms with van der Waals surface area (Å²) in [6.07, 6.45) is 3.21. The molecule has 2 bridgehead atoms. The number of carbonyl (C=O) groups is 2. The molecule has 14 heteroatoms. The maximum atomic E-state index is 15.2. The quantitative estimate of drug-likeness (QED) is 0.0911. The molecule has 3 aromatic carbocycles. The molecule has 298 valence electrons. The van der Waals surface area contributed by atoms with Gasteiger partial charge in [-0.2, -0.15) is 10.5 Å². The van der Waals surface area contributed by atoms with Crippen molar-refractivity contribution in [1.29, 1.82) is 10.5 Å². The van der Waals surface area contributed by atoms with E-state index in [0.717, 1.165) is 16.7 Å². The molecule has 58 heavy (non-hydrogen) atoms. The molecule has 3 heterocycles. The summed E-state index contributed by atoms with van der Waals surface area (Å²) < 4.78 is 31.4. The van der Waals surface area contributed by atoms with Gasteiger partial charge in [0.25, 0.3) is 5.91 Å². The fraction of sp³-hybridized carbons (Fsp3) is 0.341. The molecule has 2 amide bonds. The predicted octanol–water partition coefficient (Wildman–Crippen LogP) is 7.00. The van der Waals surface area contributed by atoms with Crippen LogP contribution in [0, 0.1) is 28.5 Å². The van der Waals surface area contributed by atoms with Gasteiger partial charge >= 0.3 is 6.09 Å². The molecule has 2 unspecified atom stereocenters. The highest BCUT2D eigenvalue weighted by molar-refractivity contribution is 5.97. The van der Waals surface area contributed by atoms with Crippen LogP contribution in [0.4, 0.5) is 15.0 Å². The molecule has 0 radical (unpaired) electrons. The Labute approximate surface area is 335 Å². The monoisotopic (exact) mass is 786 g/mol. The lowest BCUT2D eigenvalue weighted by Gasteiger charge is -2.42. The highest BCUT2D eigenvalue weighted by atomic mass is 19.1. The first-order valence-corrected chi connectivity index (χ1v) is 19.0. The van der Waals surface area contributed by atoms with E-state index in [0.29, 0.717) is 66.2 Å². The molecule has 2 saturated heterocycles. The minimum atomic E-state index is -0.760. The number of aromatic hydroxyl groups is 1. The largest absolute Gasteiger partial charge is 0.504 e. The van der Waals surface area contributed by atoms with E-state index in [1.54, 1.807) is 29.3 Å². The third kappa shape index (κ3) is 8.59. The Balaban J connectivity index is 1.20. The number of pyridine rings is 1. The van der Waals surface area contributed by atoms with Crippen molar-refractivity contribution in [3.8, 4) is 45.9 Å². The molecule has 2 N–H and O–H groups in total. The number of hydroxylamine groups is 1. The van der Waals surface area contributed by atoms with Crippen molar-refractivity contribution < 1.29 is 38.1 Å². The van der Waals surface area contributed by atoms with E-state index >= 15 is 4.39 Å². The van der Waals surface area contributed by atoms with Crippen LogP contribution >= 0.6 is 0 Å². The SMILES string of the molecule is COc1ccc(-c2cnc(N3CCC(N(CC4/C(=C\C(=O)NOC5CO5)c5ccc4cc5)C(=O)OC(C)(C)C)CC3)c(CC#N)c2-c2ccc(C#N)c(F)c2)cc1O. The van der Waals surface area contributed by atoms with Crippen LogP contribution in [0.15, 0.2) is 72.9 Å². The first-order valence-electron chi connectivity index (χ1n) is 19.0. The molecule has 13 nitrogen and oxygen atoms in total. The Morgan fingerprint density at radius 3 is 2.40 bits per heavy atom. The third-order valence-electron chi connectivity index (χ3n) is 10.4. The Morgan fingerprint density at radius 1 is 1.07 bits per heavy atom. The summed E-state index contributed by atoms with van der Waals surface area (Å²) in [7, 11) is 1.45. The zero-order chi connectivity index (χ0) is 41.1. The summed E-state index contributed by atoms with van der Waals surface area (Å²) in [5.41, 5.74) is 6.76. The van der Waals surface area contributed by atoms with Crippen LogP contribution in [0.25, 0.3) is 27.8 Å². The second-order valence-corrected chi connectivity index (χ2v) is 15.3. The molecular formula is C44H43FN6O7. The Kier molecular flexibility index (Phi) is 11.3. The molecule has 2 atom stereocenters. The number of amides is 2. The summed E-state index contributed by atoms with van der Waals surface area (Å²) in [6, 6.07) is 21.0. The van der Waals surface area contributed by atoms with Gasteiger partial charge < -0.3 is 29.1 Å². The number of nitriles is 2. The predicted molar refractivity (Wildman–Crippen MR) is 212 cm³/mol. The minimum absolute atomic E-state index is 0.0687. The zero-order valence-electron chi connectivity index (χ0n) is 32.6. The van der Waals surface area contributed by atoms with E-state index < -0.39 is 29.7 Å². The number of methoxy groups -OCH3 is 1. The maximum Gasteiger partial charge on any atom is 0.410 e. The van der Waals surface area contributed by atoms with E-state index in [2.05, 4.69) is 16.4 Å². The lowest BCUT2D eigenvalue weighted by Crippen LogP contribution is -2.50. The van der Waals surface area contributed by atoms with Gasteiger partial charge in [-0.05, 0) is 91.3 Å². The van der Waals surface area contributed by atoms with Crippen molar-refractivity contribution >= 4 is 23.4 Å². The number of nitrogens with zero attached hydrogens (tertiary/aromatic N) is 5. The van der Waals surface area contributed by atoms with Crippen molar-refractivity contribution in [1.82, 2.24) is 15.4 Å². The fourth-order valence-electron chi connectivity index (χ4n) is 7.59. The molecule has 2 fully saturated rings. The van der Waals surface area contributed by atoms with Crippen molar-refractivity contribution in [3.63, 3.8) is 0 Å². The van der Waals surface area contributed by atoms with Gasteiger partial charge in [0.15, 0.2) is 11.5 Å². The van der Waals surface area contributed by atoms with Crippen LogP contribution in [0.5, 0.6) is 11.5 Å². The van der Waals surface area contributed by atoms with Crippen LogP contribution in [0.1, 0.15) is 61.8 Å². The van der Waals surface area contributed by atoms with E-state index in [1.165, 1.54) is 31.4 Å². The number of halogens is 1. The highest BCUT2D eigenvalue weighted by Gasteiger charge is 2.37. The lowest BCUT2D eigenvalue weighted by molar-refractivity contribution is -0.132. The molecule has 2 aliphatic heterocycles. The number of epoxide rings is 1. The molecule has 0 spiro atoms. The van der Waals surface area contributed by atoms with Crippen LogP contribution in [-0.4, -0.2) is 78.3 Å². The number of ether oxygens (including phenoxy) is 3. The van der Waals surface area contributed by atoms with Crippen molar-refractivity contribution in [2.75, 3.05) is 38.3 Å². The van der Waals surface area contributed by atoms with E-state index in [1.807, 2.05) is 51.1 Å². The molecule has 4 aromatic rings. The Hall–Kier alpha value is -6.48. The summed E-state index contributed by atoms with van der Waals surface area (Å²) in [5.74, 6) is -0.745. The van der Waals surface area contributed by atoms with Crippen LogP contribution in [0.3, 0.4) is 0 Å². The highest BCUT2D eigenvalue weighted by Crippen LogP contribution is 2.43. The summed E-state index contributed by atoms with van der Waals surface area (Å²) in [6.45, 7) is 7.06. The molecular weight excluding hydrogens is 744 g/mol. The van der Waals surface area contributed by atoms with Crippen LogP contribution < -0.4 is 15.1 Å². The number of phenols is 1. The second kappa shape index (κ2) is 16.5. The number of piperidine rings is 1. The van der Waals surface area contributed by atoms with Crippen LogP contribution in [0.2, 0.25) is 0 Å². The van der Waals surface area contributed by atoms with Gasteiger partial charge in [0.1, 0.15) is 29.9 Å². The summed E-state index contributed by atoms with van der Waals surface area (Å²) in [4.78, 5) is 40.9. The lowest BCUT2D eigenvalue weighted by atomic mass is 9.80. The fourth-order valence-corrected chi connectivity index (χ4v) is 7.59. The van der Waals surface area contributed by atoms with Gasteiger partial charge in [0.05, 0.1) is 25.2 Å². The molecule has 2 aliphatic carbocycles. The maximum absolute atomic E-state index is 15.2. The number of fused-ring (bicyclic) bond motifs is 3. The van der Waals surface area contributed by atoms with Crippen molar-refractivity contribution in [3.05, 3.63) is 101 Å². The normalized spacial score (nSPS) is 18.0. The molecule has 1 aromatic heterocycles. The van der Waals surface area contributed by atoms with Gasteiger partial charge in [0.2, 0.25) is 6.29 Å². The number of carbonyl (C=O) groups excluding carboxylic acids is 2. The van der Waals surface area contributed by atoms with Gasteiger partial charge in [0, 0.05) is 55.0 Å². The number of nitrogens with one attached hydrogen (secondary N) is 1. The number of benzene rings is 3. The zero-order valence-corrected chi connectivity index (χ0v) is 32.6. The first kappa shape index (κ1) is 39.7. The van der Waals surface area contributed by atoms with Crippen molar-refractivity contribution in [2.45, 2.75) is 63.9 Å². The number of hydrogen-bond donors (Lipinski definition) is 2. The third-order valence-corrected chi connectivity index (χ3v) is 10.4. The first-order chi connectivity index (χ1) is 27.9.